The molecule has 1 N–H and O–H groups in total. The van der Waals surface area contributed by atoms with Gasteiger partial charge in [-0.3, -0.25) is 4.79 Å². The number of rotatable bonds is 8. The topological polar surface area (TPSA) is 104 Å². The van der Waals surface area contributed by atoms with Crippen molar-refractivity contribution in [2.75, 3.05) is 31.9 Å². The van der Waals surface area contributed by atoms with Gasteiger partial charge in [-0.1, -0.05) is 57.2 Å². The largest absolute Gasteiger partial charge is 0.354 e. The summed E-state index contributed by atoms with van der Waals surface area (Å²) in [6, 6.07) is 14.6. The lowest BCUT2D eigenvalue weighted by Crippen LogP contribution is -2.61. The number of benzene rings is 2. The number of thioether (sulfide) groups is 1. The third-order valence-corrected chi connectivity index (χ3v) is 10.3. The molecule has 8 nitrogen and oxygen atoms in total. The van der Waals surface area contributed by atoms with E-state index in [0.717, 1.165) is 4.31 Å². The van der Waals surface area contributed by atoms with Crippen LogP contribution in [0.2, 0.25) is 0 Å². The zero-order chi connectivity index (χ0) is 25.0. The van der Waals surface area contributed by atoms with Gasteiger partial charge in [0.2, 0.25) is 26.0 Å². The highest BCUT2D eigenvalue weighted by Gasteiger charge is 2.43. The number of hydrogen-bond donors (Lipinski definition) is 1. The van der Waals surface area contributed by atoms with E-state index in [9.17, 15) is 21.6 Å². The van der Waals surface area contributed by atoms with Crippen molar-refractivity contribution >= 4 is 37.7 Å². The fraction of sp³-hybridized carbons (Fsp3) is 0.435. The van der Waals surface area contributed by atoms with Crippen LogP contribution in [0.4, 0.5) is 0 Å². The smallest absolute Gasteiger partial charge is 0.243 e. The molecule has 2 aromatic carbocycles. The number of hydrogen-bond acceptors (Lipinski definition) is 6. The molecule has 186 valence electrons. The Morgan fingerprint density at radius 2 is 1.44 bits per heavy atom. The van der Waals surface area contributed by atoms with E-state index in [-0.39, 0.29) is 34.2 Å². The fourth-order valence-corrected chi connectivity index (χ4v) is 7.45. The van der Waals surface area contributed by atoms with E-state index >= 15 is 0 Å². The van der Waals surface area contributed by atoms with E-state index in [1.165, 1.54) is 28.6 Å². The third kappa shape index (κ3) is 6.39. The molecule has 1 fully saturated rings. The molecule has 1 atom stereocenters. The molecule has 0 aromatic heterocycles. The minimum Gasteiger partial charge on any atom is -0.354 e. The molecule has 1 saturated heterocycles. The molecule has 2 aromatic rings. The zero-order valence-corrected chi connectivity index (χ0v) is 22.0. The summed E-state index contributed by atoms with van der Waals surface area (Å²) in [7, 11) is -7.88. The van der Waals surface area contributed by atoms with Gasteiger partial charge in [-0.05, 0) is 24.3 Å². The van der Waals surface area contributed by atoms with Gasteiger partial charge in [0.1, 0.15) is 6.04 Å². The zero-order valence-electron chi connectivity index (χ0n) is 19.5. The second kappa shape index (κ2) is 10.8. The van der Waals surface area contributed by atoms with Crippen molar-refractivity contribution in [3.05, 3.63) is 60.7 Å². The Balaban J connectivity index is 1.86. The van der Waals surface area contributed by atoms with E-state index in [1.807, 2.05) is 0 Å². The first-order valence-electron chi connectivity index (χ1n) is 11.0. The van der Waals surface area contributed by atoms with Crippen LogP contribution in [0, 0.1) is 0 Å². The van der Waals surface area contributed by atoms with Crippen LogP contribution in [0.5, 0.6) is 0 Å². The Kier molecular flexibility index (Phi) is 8.46. The number of sulfonamides is 2. The Labute approximate surface area is 206 Å². The predicted molar refractivity (Wildman–Crippen MR) is 135 cm³/mol. The second-order valence-electron chi connectivity index (χ2n) is 8.87. The van der Waals surface area contributed by atoms with Crippen LogP contribution in [-0.4, -0.2) is 74.1 Å². The van der Waals surface area contributed by atoms with Crippen molar-refractivity contribution < 1.29 is 21.6 Å². The predicted octanol–water partition coefficient (Wildman–Crippen LogP) is 2.40. The van der Waals surface area contributed by atoms with Gasteiger partial charge in [0.25, 0.3) is 0 Å². The maximum atomic E-state index is 13.4. The number of carbonyl (C=O) groups is 1. The molecule has 1 aliphatic heterocycles. The number of nitrogens with zero attached hydrogens (tertiary/aromatic N) is 2. The van der Waals surface area contributed by atoms with Crippen molar-refractivity contribution in [1.82, 2.24) is 13.9 Å². The summed E-state index contributed by atoms with van der Waals surface area (Å²) in [5, 5.41) is 2.80. The summed E-state index contributed by atoms with van der Waals surface area (Å²) in [6.07, 6.45) is 0. The first kappa shape index (κ1) is 26.7. The van der Waals surface area contributed by atoms with Gasteiger partial charge in [0.05, 0.1) is 9.79 Å². The van der Waals surface area contributed by atoms with E-state index in [4.69, 9.17) is 0 Å². The van der Waals surface area contributed by atoms with Gasteiger partial charge in [0, 0.05) is 36.7 Å². The van der Waals surface area contributed by atoms with Crippen molar-refractivity contribution in [1.29, 1.82) is 0 Å². The number of nitrogens with one attached hydrogen (secondary N) is 1. The molecule has 0 radical (unpaired) electrons. The maximum Gasteiger partial charge on any atom is 0.243 e. The molecule has 3 rings (SSSR count). The normalized spacial score (nSPS) is 18.5. The van der Waals surface area contributed by atoms with Crippen LogP contribution < -0.4 is 5.32 Å². The molecule has 1 heterocycles. The van der Waals surface area contributed by atoms with E-state index < -0.39 is 32.0 Å². The quantitative estimate of drug-likeness (QED) is 0.531. The highest BCUT2D eigenvalue weighted by Crippen LogP contribution is 2.26. The Hall–Kier alpha value is -1.92. The van der Waals surface area contributed by atoms with Gasteiger partial charge in [-0.2, -0.15) is 20.4 Å². The van der Waals surface area contributed by atoms with E-state index in [0.29, 0.717) is 12.3 Å². The summed E-state index contributed by atoms with van der Waals surface area (Å²) in [6.45, 7) is 6.12. The van der Waals surface area contributed by atoms with Gasteiger partial charge >= 0.3 is 0 Å². The first-order valence-corrected chi connectivity index (χ1v) is 14.8. The summed E-state index contributed by atoms with van der Waals surface area (Å²) >= 11 is 1.67. The van der Waals surface area contributed by atoms with Crippen LogP contribution in [0.1, 0.15) is 20.8 Å². The van der Waals surface area contributed by atoms with Crippen LogP contribution in [-0.2, 0) is 24.8 Å². The highest BCUT2D eigenvalue weighted by atomic mass is 32.2. The molecule has 1 aliphatic rings. The highest BCUT2D eigenvalue weighted by molar-refractivity contribution is 8.00. The molecule has 0 bridgehead atoms. The van der Waals surface area contributed by atoms with Gasteiger partial charge in [-0.15, -0.1) is 0 Å². The second-order valence-corrected chi connectivity index (χ2v) is 14.6. The standard InChI is InChI=1S/C23H31N3O5S3/c1-23(2,3)32-17-14-24-22(27)21-18-25(33(28,29)19-10-6-4-7-11-19)15-16-26(21)34(30,31)20-12-8-5-9-13-20/h4-13,21H,14-18H2,1-3H3,(H,24,27). The fourth-order valence-electron chi connectivity index (χ4n) is 3.58. The molecule has 0 spiro atoms. The van der Waals surface area contributed by atoms with Crippen molar-refractivity contribution in [3.63, 3.8) is 0 Å². The lowest BCUT2D eigenvalue weighted by atomic mass is 10.2. The first-order chi connectivity index (χ1) is 15.9. The van der Waals surface area contributed by atoms with Gasteiger partial charge in [-0.25, -0.2) is 16.8 Å². The molecule has 0 aliphatic carbocycles. The van der Waals surface area contributed by atoms with Crippen molar-refractivity contribution in [2.24, 2.45) is 0 Å². The number of carbonyl (C=O) groups excluding carboxylic acids is 1. The summed E-state index contributed by atoms with van der Waals surface area (Å²) in [5.74, 6) is 0.140. The summed E-state index contributed by atoms with van der Waals surface area (Å²) < 4.78 is 55.4. The average Bonchev–Trinajstić information content (AvgIpc) is 2.82. The van der Waals surface area contributed by atoms with Crippen LogP contribution in [0.3, 0.4) is 0 Å². The van der Waals surface area contributed by atoms with Crippen LogP contribution in [0.15, 0.2) is 70.5 Å². The van der Waals surface area contributed by atoms with Crippen LogP contribution in [0.25, 0.3) is 0 Å². The van der Waals surface area contributed by atoms with Crippen LogP contribution >= 0.6 is 11.8 Å². The summed E-state index contributed by atoms with van der Waals surface area (Å²) in [4.78, 5) is 13.3. The SMILES string of the molecule is CC(C)(C)SCCNC(=O)C1CN(S(=O)(=O)c2ccccc2)CCN1S(=O)(=O)c1ccccc1. The van der Waals surface area contributed by atoms with Gasteiger partial charge in [0.15, 0.2) is 0 Å². The molecule has 1 unspecified atom stereocenters. The monoisotopic (exact) mass is 525 g/mol. The lowest BCUT2D eigenvalue weighted by Gasteiger charge is -2.39. The van der Waals surface area contributed by atoms with Gasteiger partial charge < -0.3 is 5.32 Å². The van der Waals surface area contributed by atoms with Crippen molar-refractivity contribution in [3.8, 4) is 0 Å². The third-order valence-electron chi connectivity index (χ3n) is 5.26. The molecule has 0 saturated carbocycles. The molecule has 34 heavy (non-hydrogen) atoms. The number of piperazine rings is 1. The maximum absolute atomic E-state index is 13.4. The Bertz CT molecular complexity index is 1180. The molecule has 11 heteroatoms. The Morgan fingerprint density at radius 3 is 1.97 bits per heavy atom. The molecular weight excluding hydrogens is 494 g/mol. The molecular formula is C23H31N3O5S3. The van der Waals surface area contributed by atoms with Crippen molar-refractivity contribution in [2.45, 2.75) is 41.4 Å². The minimum absolute atomic E-state index is 0.0266. The molecule has 1 amide bonds. The van der Waals surface area contributed by atoms with E-state index in [1.54, 1.807) is 48.2 Å². The lowest BCUT2D eigenvalue weighted by molar-refractivity contribution is -0.125. The Morgan fingerprint density at radius 1 is 0.912 bits per heavy atom. The number of amides is 1. The average molecular weight is 526 g/mol. The van der Waals surface area contributed by atoms with E-state index in [2.05, 4.69) is 26.1 Å². The summed E-state index contributed by atoms with van der Waals surface area (Å²) in [5.41, 5.74) is 0. The minimum atomic E-state index is -4.00.